The summed E-state index contributed by atoms with van der Waals surface area (Å²) in [6.45, 7) is 3.95. The molecule has 5 nitrogen and oxygen atoms in total. The zero-order valence-electron chi connectivity index (χ0n) is 10.6. The molecule has 1 saturated carbocycles. The molecule has 0 atom stereocenters. The highest BCUT2D eigenvalue weighted by atomic mass is 16.4. The minimum absolute atomic E-state index is 0.0667. The van der Waals surface area contributed by atoms with Crippen molar-refractivity contribution in [1.82, 2.24) is 4.90 Å². The summed E-state index contributed by atoms with van der Waals surface area (Å²) in [6, 6.07) is -0.0894. The average molecular weight is 242 g/mol. The van der Waals surface area contributed by atoms with Gasteiger partial charge in [0.25, 0.3) is 0 Å². The SMILES string of the molecule is CC(C)N(CC(=O)O)C(=O)CC1(CN)CCC1. The van der Waals surface area contributed by atoms with Gasteiger partial charge in [-0.3, -0.25) is 9.59 Å². The number of hydrogen-bond acceptors (Lipinski definition) is 3. The lowest BCUT2D eigenvalue weighted by Gasteiger charge is -2.42. The predicted octanol–water partition coefficient (Wildman–Crippen LogP) is 0.827. The lowest BCUT2D eigenvalue weighted by Crippen LogP contribution is -2.46. The number of carboxylic acid groups (broad SMARTS) is 1. The lowest BCUT2D eigenvalue weighted by molar-refractivity contribution is -0.147. The van der Waals surface area contributed by atoms with E-state index in [0.29, 0.717) is 13.0 Å². The topological polar surface area (TPSA) is 83.6 Å². The van der Waals surface area contributed by atoms with Crippen LogP contribution >= 0.6 is 0 Å². The van der Waals surface area contributed by atoms with Crippen LogP contribution in [-0.2, 0) is 9.59 Å². The van der Waals surface area contributed by atoms with Gasteiger partial charge in [-0.05, 0) is 38.6 Å². The van der Waals surface area contributed by atoms with Crippen molar-refractivity contribution in [3.63, 3.8) is 0 Å². The maximum absolute atomic E-state index is 12.1. The molecule has 1 amide bonds. The van der Waals surface area contributed by atoms with Crippen LogP contribution in [0.15, 0.2) is 0 Å². The summed E-state index contributed by atoms with van der Waals surface area (Å²) in [4.78, 5) is 24.2. The molecule has 3 N–H and O–H groups in total. The summed E-state index contributed by atoms with van der Waals surface area (Å²) in [5.74, 6) is -1.06. The molecule has 0 heterocycles. The van der Waals surface area contributed by atoms with Crippen molar-refractivity contribution in [2.75, 3.05) is 13.1 Å². The van der Waals surface area contributed by atoms with Gasteiger partial charge in [-0.2, -0.15) is 0 Å². The second kappa shape index (κ2) is 5.49. The molecule has 0 bridgehead atoms. The predicted molar refractivity (Wildman–Crippen MR) is 64.4 cm³/mol. The largest absolute Gasteiger partial charge is 0.480 e. The molecule has 0 spiro atoms. The van der Waals surface area contributed by atoms with E-state index in [1.807, 2.05) is 13.8 Å². The van der Waals surface area contributed by atoms with Gasteiger partial charge in [0.15, 0.2) is 0 Å². The Bertz CT molecular complexity index is 293. The minimum atomic E-state index is -0.970. The van der Waals surface area contributed by atoms with Crippen LogP contribution in [0.5, 0.6) is 0 Å². The fraction of sp³-hybridized carbons (Fsp3) is 0.833. The van der Waals surface area contributed by atoms with Crippen molar-refractivity contribution in [2.45, 2.75) is 45.6 Å². The number of hydrogen-bond donors (Lipinski definition) is 2. The molecule has 98 valence electrons. The van der Waals surface area contributed by atoms with Gasteiger partial charge in [-0.15, -0.1) is 0 Å². The van der Waals surface area contributed by atoms with Crippen molar-refractivity contribution < 1.29 is 14.7 Å². The zero-order chi connectivity index (χ0) is 13.1. The monoisotopic (exact) mass is 242 g/mol. The first-order chi connectivity index (χ1) is 7.90. The van der Waals surface area contributed by atoms with Crippen LogP contribution in [0.3, 0.4) is 0 Å². The highest BCUT2D eigenvalue weighted by Crippen LogP contribution is 2.43. The van der Waals surface area contributed by atoms with E-state index < -0.39 is 5.97 Å². The smallest absolute Gasteiger partial charge is 0.323 e. The standard InChI is InChI=1S/C12H22N2O3/c1-9(2)14(7-11(16)17)10(15)6-12(8-13)4-3-5-12/h9H,3-8,13H2,1-2H3,(H,16,17). The third-order valence-corrected chi connectivity index (χ3v) is 3.62. The first kappa shape index (κ1) is 14.0. The molecule has 0 aromatic carbocycles. The number of nitrogens with two attached hydrogens (primary N) is 1. The van der Waals surface area contributed by atoms with E-state index in [0.717, 1.165) is 19.3 Å². The van der Waals surface area contributed by atoms with E-state index in [1.165, 1.54) is 4.90 Å². The first-order valence-electron chi connectivity index (χ1n) is 6.11. The number of aliphatic carboxylic acids is 1. The van der Waals surface area contributed by atoms with Gasteiger partial charge < -0.3 is 15.7 Å². The van der Waals surface area contributed by atoms with Gasteiger partial charge in [-0.1, -0.05) is 6.42 Å². The van der Waals surface area contributed by atoms with E-state index >= 15 is 0 Å². The number of amides is 1. The molecule has 0 aromatic heterocycles. The Kier molecular flexibility index (Phi) is 4.51. The Morgan fingerprint density at radius 2 is 2.00 bits per heavy atom. The first-order valence-corrected chi connectivity index (χ1v) is 6.11. The quantitative estimate of drug-likeness (QED) is 0.722. The van der Waals surface area contributed by atoms with Crippen LogP contribution in [0.25, 0.3) is 0 Å². The maximum Gasteiger partial charge on any atom is 0.323 e. The summed E-state index contributed by atoms with van der Waals surface area (Å²) in [7, 11) is 0. The second-order valence-electron chi connectivity index (χ2n) is 5.24. The average Bonchev–Trinajstić information content (AvgIpc) is 2.19. The molecule has 1 rings (SSSR count). The number of carbonyl (C=O) groups is 2. The fourth-order valence-electron chi connectivity index (χ4n) is 2.26. The van der Waals surface area contributed by atoms with E-state index in [9.17, 15) is 9.59 Å². The van der Waals surface area contributed by atoms with Crippen molar-refractivity contribution in [1.29, 1.82) is 0 Å². The van der Waals surface area contributed by atoms with Gasteiger partial charge in [0.2, 0.25) is 5.91 Å². The van der Waals surface area contributed by atoms with Crippen molar-refractivity contribution >= 4 is 11.9 Å². The van der Waals surface area contributed by atoms with Crippen LogP contribution in [-0.4, -0.2) is 41.0 Å². The molecule has 1 aliphatic rings. The van der Waals surface area contributed by atoms with E-state index in [-0.39, 0.29) is 23.9 Å². The summed E-state index contributed by atoms with van der Waals surface area (Å²) in [5, 5.41) is 8.79. The van der Waals surface area contributed by atoms with Crippen LogP contribution < -0.4 is 5.73 Å². The van der Waals surface area contributed by atoms with Gasteiger partial charge in [0, 0.05) is 12.5 Å². The Labute approximate surface area is 102 Å². The molecule has 0 aromatic rings. The third kappa shape index (κ3) is 3.43. The van der Waals surface area contributed by atoms with Gasteiger partial charge in [0.05, 0.1) is 0 Å². The fourth-order valence-corrected chi connectivity index (χ4v) is 2.26. The lowest BCUT2D eigenvalue weighted by atomic mass is 9.66. The molecule has 5 heteroatoms. The summed E-state index contributed by atoms with van der Waals surface area (Å²) in [5.41, 5.74) is 5.64. The van der Waals surface area contributed by atoms with Crippen LogP contribution in [0, 0.1) is 5.41 Å². The van der Waals surface area contributed by atoms with Crippen molar-refractivity contribution in [3.05, 3.63) is 0 Å². The van der Waals surface area contributed by atoms with Crippen LogP contribution in [0.1, 0.15) is 39.5 Å². The molecule has 0 aliphatic heterocycles. The Hall–Kier alpha value is -1.10. The third-order valence-electron chi connectivity index (χ3n) is 3.62. The van der Waals surface area contributed by atoms with E-state index in [1.54, 1.807) is 0 Å². The highest BCUT2D eigenvalue weighted by Gasteiger charge is 2.39. The van der Waals surface area contributed by atoms with Crippen molar-refractivity contribution in [3.8, 4) is 0 Å². The summed E-state index contributed by atoms with van der Waals surface area (Å²) >= 11 is 0. The molecule has 0 radical (unpaired) electrons. The van der Waals surface area contributed by atoms with E-state index in [4.69, 9.17) is 10.8 Å². The van der Waals surface area contributed by atoms with Crippen molar-refractivity contribution in [2.24, 2.45) is 11.1 Å². The molecule has 0 saturated heterocycles. The Morgan fingerprint density at radius 3 is 2.29 bits per heavy atom. The summed E-state index contributed by atoms with van der Waals surface area (Å²) in [6.07, 6.45) is 3.46. The second-order valence-corrected chi connectivity index (χ2v) is 5.24. The Morgan fingerprint density at radius 1 is 1.41 bits per heavy atom. The molecular weight excluding hydrogens is 220 g/mol. The zero-order valence-corrected chi connectivity index (χ0v) is 10.6. The van der Waals surface area contributed by atoms with Gasteiger partial charge in [-0.25, -0.2) is 0 Å². The normalized spacial score (nSPS) is 17.6. The number of carboxylic acids is 1. The Balaban J connectivity index is 2.61. The molecule has 1 aliphatic carbocycles. The molecule has 17 heavy (non-hydrogen) atoms. The highest BCUT2D eigenvalue weighted by molar-refractivity contribution is 5.82. The molecular formula is C12H22N2O3. The number of nitrogens with zero attached hydrogens (tertiary/aromatic N) is 1. The van der Waals surface area contributed by atoms with Crippen LogP contribution in [0.4, 0.5) is 0 Å². The van der Waals surface area contributed by atoms with Gasteiger partial charge >= 0.3 is 5.97 Å². The van der Waals surface area contributed by atoms with Gasteiger partial charge in [0.1, 0.15) is 6.54 Å². The number of rotatable bonds is 6. The van der Waals surface area contributed by atoms with Crippen LogP contribution in [0.2, 0.25) is 0 Å². The summed E-state index contributed by atoms with van der Waals surface area (Å²) < 4.78 is 0. The van der Waals surface area contributed by atoms with E-state index in [2.05, 4.69) is 0 Å². The number of carbonyl (C=O) groups excluding carboxylic acids is 1. The maximum atomic E-state index is 12.1. The minimum Gasteiger partial charge on any atom is -0.480 e. The molecule has 0 unspecified atom stereocenters. The molecule has 1 fully saturated rings.